The van der Waals surface area contributed by atoms with Crippen LogP contribution in [-0.2, 0) is 30.3 Å². The Bertz CT molecular complexity index is 1250. The summed E-state index contributed by atoms with van der Waals surface area (Å²) in [4.78, 5) is 13.2. The van der Waals surface area contributed by atoms with E-state index in [9.17, 15) is 0 Å². The molecule has 38 heavy (non-hydrogen) atoms. The van der Waals surface area contributed by atoms with E-state index < -0.39 is 0 Å². The molecule has 0 amide bonds. The molecule has 4 radical (unpaired) electrons. The third-order valence-corrected chi connectivity index (χ3v) is 6.35. The van der Waals surface area contributed by atoms with Crippen molar-refractivity contribution < 1.29 is 19.4 Å². The van der Waals surface area contributed by atoms with Crippen LogP contribution < -0.4 is 14.8 Å². The second-order valence-electron chi connectivity index (χ2n) is 11.2. The molecule has 0 spiro atoms. The molecule has 0 atom stereocenters. The summed E-state index contributed by atoms with van der Waals surface area (Å²) in [6.45, 7) is 24.8. The molecule has 0 unspecified atom stereocenters. The molecule has 0 aliphatic carbocycles. The molecule has 0 saturated carbocycles. The Kier molecular flexibility index (Phi) is 10.6. The van der Waals surface area contributed by atoms with Crippen LogP contribution in [0.1, 0.15) is 52.7 Å². The first-order valence-corrected chi connectivity index (χ1v) is 16.6. The van der Waals surface area contributed by atoms with Gasteiger partial charge in [-0.25, -0.2) is 0 Å². The number of hydrogen-bond acceptors (Lipinski definition) is 4. The zero-order valence-electron chi connectivity index (χ0n) is 23.5. The van der Waals surface area contributed by atoms with Crippen LogP contribution in [0.2, 0.25) is 0 Å². The number of fused-ring (bicyclic) bond motifs is 3. The van der Waals surface area contributed by atoms with Gasteiger partial charge in [0.2, 0.25) is 13.3 Å². The topological polar surface area (TPSA) is 47.0 Å². The second kappa shape index (κ2) is 12.5. The molecule has 202 valence electrons. The summed E-state index contributed by atoms with van der Waals surface area (Å²) < 4.78 is 7.50. The van der Waals surface area contributed by atoms with Crippen LogP contribution in [0.5, 0.6) is 0 Å². The van der Waals surface area contributed by atoms with Gasteiger partial charge in [0.05, 0.1) is 0 Å². The standard InChI is InChI=1S/C28H32N5.CO.CH3.HI.Rh/c1-27(2,3)19-13-21-22-14-20(28(4,5)6)16-24(33-12-10-31(8)18-33)26(22)29-25(21)23(15-19)32-11-9-30(7)17-32;1-2;;;/h9-16H,1-8H3;;1H3;1H;/q-1;;-1;;+3/p-1. The summed E-state index contributed by atoms with van der Waals surface area (Å²) in [6.07, 6.45) is 8.11. The second-order valence-corrected chi connectivity index (χ2v) is 11.2. The molecular weight excluding hydrogens is 676 g/mol. The summed E-state index contributed by atoms with van der Waals surface area (Å²) in [6, 6.07) is 9.17. The summed E-state index contributed by atoms with van der Waals surface area (Å²) in [5, 5.41) is 2.36. The minimum atomic E-state index is 0. The Morgan fingerprint density at radius 1 is 0.711 bits per heavy atom. The molecule has 5 rings (SSSR count). The van der Waals surface area contributed by atoms with Gasteiger partial charge in [0.1, 0.15) is 0 Å². The molecule has 2 aliphatic heterocycles. The Labute approximate surface area is 249 Å². The van der Waals surface area contributed by atoms with E-state index in [-0.39, 0.29) is 18.3 Å². The van der Waals surface area contributed by atoms with E-state index in [2.05, 4.69) is 110 Å². The van der Waals surface area contributed by atoms with Crippen molar-refractivity contribution in [2.45, 2.75) is 52.4 Å². The molecule has 3 heterocycles. The Morgan fingerprint density at radius 3 is 1.32 bits per heavy atom. The molecule has 2 aliphatic rings. The van der Waals surface area contributed by atoms with Gasteiger partial charge in [-0.2, -0.15) is 0 Å². The number of hydrogen-bond donors (Lipinski definition) is 0. The molecule has 1 aromatic heterocycles. The van der Waals surface area contributed by atoms with Crippen LogP contribution in [0.3, 0.4) is 0 Å². The number of halogens is 1. The van der Waals surface area contributed by atoms with Gasteiger partial charge in [0, 0.05) is 50.3 Å². The first kappa shape index (κ1) is 32.2. The van der Waals surface area contributed by atoms with E-state index in [1.807, 2.05) is 68.4 Å². The van der Waals surface area contributed by atoms with E-state index >= 15 is 0 Å². The summed E-state index contributed by atoms with van der Waals surface area (Å²) in [5.74, 6) is 0. The fraction of sp³-hybridized carbons (Fsp3) is 0.333. The van der Waals surface area contributed by atoms with E-state index in [0.717, 1.165) is 22.4 Å². The van der Waals surface area contributed by atoms with Crippen LogP contribution in [-0.4, -0.2) is 23.9 Å². The van der Waals surface area contributed by atoms with E-state index in [1.54, 1.807) is 0 Å². The van der Waals surface area contributed by atoms with Crippen LogP contribution in [0.25, 0.3) is 21.8 Å². The maximum absolute atomic E-state index is 7.50. The number of nitrogens with zero attached hydrogens (tertiary/aromatic N) is 5. The monoisotopic (exact) mass is 711 g/mol. The van der Waals surface area contributed by atoms with Crippen molar-refractivity contribution in [3.05, 3.63) is 87.6 Å². The molecule has 0 fully saturated rings. The molecule has 3 aromatic rings. The number of rotatable bonds is 2. The van der Waals surface area contributed by atoms with Crippen LogP contribution >= 0.6 is 19.8 Å². The van der Waals surface area contributed by atoms with Crippen molar-refractivity contribution in [1.29, 1.82) is 0 Å². The minimum absolute atomic E-state index is 0. The molecule has 6 nitrogen and oxygen atoms in total. The molecule has 2 aromatic carbocycles. The van der Waals surface area contributed by atoms with E-state index in [1.165, 1.54) is 21.9 Å². The predicted molar refractivity (Wildman–Crippen MR) is 162 cm³/mol. The third kappa shape index (κ3) is 6.42. The quantitative estimate of drug-likeness (QED) is 0.121. The van der Waals surface area contributed by atoms with Gasteiger partial charge in [-0.05, 0) is 44.9 Å². The summed E-state index contributed by atoms with van der Waals surface area (Å²) in [7, 11) is 3.98. The zero-order valence-corrected chi connectivity index (χ0v) is 27.3. The van der Waals surface area contributed by atoms with Gasteiger partial charge >= 0.3 is 45.8 Å². The van der Waals surface area contributed by atoms with E-state index in [0.29, 0.717) is 0 Å². The molecule has 0 N–H and O–H groups in total. The van der Waals surface area contributed by atoms with Gasteiger partial charge < -0.3 is 32.0 Å². The fourth-order valence-electron chi connectivity index (χ4n) is 4.30. The average Bonchev–Trinajstić information content (AvgIpc) is 3.57. The van der Waals surface area contributed by atoms with Gasteiger partial charge in [0.25, 0.3) is 0 Å². The van der Waals surface area contributed by atoms with E-state index in [4.69, 9.17) is 9.64 Å². The van der Waals surface area contributed by atoms with Gasteiger partial charge in [-0.3, -0.25) is 0 Å². The average molecular weight is 711 g/mol. The number of aromatic nitrogens is 1. The van der Waals surface area contributed by atoms with Crippen LogP contribution in [0.15, 0.2) is 49.1 Å². The molecule has 0 saturated heterocycles. The third-order valence-electron chi connectivity index (χ3n) is 6.35. The van der Waals surface area contributed by atoms with Crippen molar-refractivity contribution >= 4 is 52.9 Å². The first-order valence-electron chi connectivity index (χ1n) is 11.8. The van der Waals surface area contributed by atoms with Crippen LogP contribution in [0, 0.1) is 27.4 Å². The number of anilines is 2. The summed E-state index contributed by atoms with van der Waals surface area (Å²) >= 11 is 4.56. The normalized spacial score (nSPS) is 14.9. The summed E-state index contributed by atoms with van der Waals surface area (Å²) in [5.41, 5.74) is 6.68. The Morgan fingerprint density at radius 2 is 1.05 bits per heavy atom. The van der Waals surface area contributed by atoms with Crippen molar-refractivity contribution in [2.75, 3.05) is 23.9 Å². The maximum atomic E-state index is 7.50. The SMILES string of the molecule is CN1[C]N(c2cc(C(C)(C)C)cc3c2[n-]c2c(N4[C]N(C)C=C4)cc(C(C)(C)C)cc23)C=C1.[C-]#[O+].[CH3-].[Rh+2][I]. The molecule has 8 heteroatoms. The van der Waals surface area contributed by atoms with Crippen molar-refractivity contribution in [3.63, 3.8) is 0 Å². The predicted octanol–water partition coefficient (Wildman–Crippen LogP) is 7.28. The van der Waals surface area contributed by atoms with Crippen molar-refractivity contribution in [3.8, 4) is 0 Å². The zero-order chi connectivity index (χ0) is 27.7. The van der Waals surface area contributed by atoms with Crippen molar-refractivity contribution in [1.82, 2.24) is 14.8 Å². The Hall–Kier alpha value is -1.99. The van der Waals surface area contributed by atoms with Crippen LogP contribution in [0.4, 0.5) is 11.4 Å². The fourth-order valence-corrected chi connectivity index (χ4v) is 4.30. The molecular formula is C30H35IN5ORh. The van der Waals surface area contributed by atoms with Gasteiger partial charge in [0.15, 0.2) is 0 Å². The number of benzene rings is 2. The van der Waals surface area contributed by atoms with Gasteiger partial charge in [-0.1, -0.05) is 53.7 Å². The van der Waals surface area contributed by atoms with Gasteiger partial charge in [-0.15, -0.1) is 11.0 Å². The van der Waals surface area contributed by atoms with Crippen molar-refractivity contribution in [2.24, 2.45) is 0 Å². The first-order chi connectivity index (χ1) is 17.4. The molecule has 0 bridgehead atoms. The Balaban J connectivity index is 0.000000969.